The third-order valence-electron chi connectivity index (χ3n) is 5.48. The molecule has 1 amide bonds. The van der Waals surface area contributed by atoms with E-state index in [2.05, 4.69) is 28.3 Å². The molecule has 1 aromatic carbocycles. The Morgan fingerprint density at radius 2 is 1.79 bits per heavy atom. The van der Waals surface area contributed by atoms with E-state index >= 15 is 0 Å². The molecule has 0 radical (unpaired) electrons. The van der Waals surface area contributed by atoms with Crippen molar-refractivity contribution in [2.75, 3.05) is 49.3 Å². The first-order valence-electron chi connectivity index (χ1n) is 11.8. The van der Waals surface area contributed by atoms with Crippen LogP contribution in [0.4, 0.5) is 11.5 Å². The van der Waals surface area contributed by atoms with Gasteiger partial charge in [0, 0.05) is 37.0 Å². The van der Waals surface area contributed by atoms with Crippen LogP contribution in [0.15, 0.2) is 30.3 Å². The van der Waals surface area contributed by atoms with Gasteiger partial charge in [-0.2, -0.15) is 11.8 Å². The molecule has 8 nitrogen and oxygen atoms in total. The van der Waals surface area contributed by atoms with Crippen molar-refractivity contribution < 1.29 is 14.6 Å². The molecule has 4 rings (SSSR count). The van der Waals surface area contributed by atoms with Crippen molar-refractivity contribution in [1.29, 1.82) is 0 Å². The van der Waals surface area contributed by atoms with Gasteiger partial charge in [0.15, 0.2) is 5.82 Å². The lowest BCUT2D eigenvalue weighted by atomic mass is 10.1. The highest BCUT2D eigenvalue weighted by molar-refractivity contribution is 7.99. The average Bonchev–Trinajstić information content (AvgIpc) is 3.66. The summed E-state index contributed by atoms with van der Waals surface area (Å²) in [5.74, 6) is 1.77. The molecule has 0 unspecified atom stereocenters. The predicted molar refractivity (Wildman–Crippen MR) is 141 cm³/mol. The fourth-order valence-corrected chi connectivity index (χ4v) is 4.31. The summed E-state index contributed by atoms with van der Waals surface area (Å²) in [4.78, 5) is 20.8. The topological polar surface area (TPSA) is 114 Å². The van der Waals surface area contributed by atoms with Gasteiger partial charge in [-0.25, -0.2) is 9.97 Å². The van der Waals surface area contributed by atoms with E-state index in [0.29, 0.717) is 6.54 Å². The van der Waals surface area contributed by atoms with Gasteiger partial charge < -0.3 is 25.8 Å². The minimum atomic E-state index is -0.750. The van der Waals surface area contributed by atoms with Gasteiger partial charge in [-0.3, -0.25) is 4.79 Å². The van der Waals surface area contributed by atoms with E-state index in [1.54, 1.807) is 13.8 Å². The number of hydrogen-bond donors (Lipinski definition) is 3. The maximum absolute atomic E-state index is 9.90. The molecule has 0 bridgehead atoms. The van der Waals surface area contributed by atoms with Crippen LogP contribution in [0.5, 0.6) is 0 Å². The number of benzene rings is 1. The Kier molecular flexibility index (Phi) is 10.6. The lowest BCUT2D eigenvalue weighted by Crippen LogP contribution is -2.37. The Labute approximate surface area is 207 Å². The molecule has 2 heterocycles. The van der Waals surface area contributed by atoms with Crippen molar-refractivity contribution in [1.82, 2.24) is 9.97 Å². The van der Waals surface area contributed by atoms with E-state index in [9.17, 15) is 5.11 Å². The number of amides is 1. The second-order valence-electron chi connectivity index (χ2n) is 8.61. The van der Waals surface area contributed by atoms with Crippen LogP contribution in [0.3, 0.4) is 0 Å². The predicted octanol–water partition coefficient (Wildman–Crippen LogP) is 3.64. The van der Waals surface area contributed by atoms with Gasteiger partial charge in [0.2, 0.25) is 6.41 Å². The molecule has 0 atom stereocenters. The molecule has 1 saturated heterocycles. The zero-order chi connectivity index (χ0) is 25.2. The van der Waals surface area contributed by atoms with E-state index in [1.807, 2.05) is 49.9 Å². The third kappa shape index (κ3) is 7.85. The molecule has 1 aliphatic carbocycles. The van der Waals surface area contributed by atoms with Crippen LogP contribution in [-0.4, -0.2) is 66.2 Å². The normalized spacial score (nSPS) is 16.4. The first-order valence-corrected chi connectivity index (χ1v) is 13.0. The molecular weight excluding hydrogens is 450 g/mol. The highest BCUT2D eigenvalue weighted by atomic mass is 32.2. The third-order valence-corrected chi connectivity index (χ3v) is 6.88. The van der Waals surface area contributed by atoms with Crippen molar-refractivity contribution in [2.24, 2.45) is 5.73 Å². The number of hydrogen-bond acceptors (Lipinski definition) is 8. The van der Waals surface area contributed by atoms with Crippen molar-refractivity contribution in [2.45, 2.75) is 50.9 Å². The van der Waals surface area contributed by atoms with Gasteiger partial charge in [0.05, 0.1) is 29.3 Å². The highest BCUT2D eigenvalue weighted by Gasteiger charge is 2.45. The monoisotopic (exact) mass is 489 g/mol. The number of ether oxygens (including phenoxy) is 1. The second kappa shape index (κ2) is 12.9. The number of nitrogens with two attached hydrogens (primary N) is 1. The van der Waals surface area contributed by atoms with Crippen molar-refractivity contribution in [3.05, 3.63) is 36.0 Å². The first kappa shape index (κ1) is 27.9. The zero-order valence-corrected chi connectivity index (χ0v) is 21.8. The summed E-state index contributed by atoms with van der Waals surface area (Å²) in [7, 11) is 0. The van der Waals surface area contributed by atoms with Crippen LogP contribution >= 0.6 is 11.8 Å². The van der Waals surface area contributed by atoms with Crippen LogP contribution in [0.1, 0.15) is 46.2 Å². The number of carbonyl (C=O) groups is 1. The molecule has 0 spiro atoms. The van der Waals surface area contributed by atoms with Crippen molar-refractivity contribution >= 4 is 29.7 Å². The van der Waals surface area contributed by atoms with E-state index in [4.69, 9.17) is 19.5 Å². The number of rotatable bonds is 7. The molecule has 1 saturated carbocycles. The van der Waals surface area contributed by atoms with Crippen LogP contribution in [0, 0.1) is 0 Å². The largest absolute Gasteiger partial charge is 0.389 e. The van der Waals surface area contributed by atoms with E-state index in [0.717, 1.165) is 54.9 Å². The molecule has 1 aliphatic heterocycles. The molecular formula is C25H39N5O3S. The van der Waals surface area contributed by atoms with Gasteiger partial charge in [-0.05, 0) is 57.2 Å². The molecule has 9 heteroatoms. The average molecular weight is 490 g/mol. The Morgan fingerprint density at radius 3 is 2.29 bits per heavy atom. The minimum absolute atomic E-state index is 0.146. The van der Waals surface area contributed by atoms with Crippen LogP contribution in [-0.2, 0) is 14.3 Å². The molecule has 1 aromatic heterocycles. The van der Waals surface area contributed by atoms with Gasteiger partial charge in [0.1, 0.15) is 5.82 Å². The molecule has 2 aromatic rings. The van der Waals surface area contributed by atoms with Crippen LogP contribution in [0.25, 0.3) is 11.4 Å². The Balaban J connectivity index is 0.000000758. The summed E-state index contributed by atoms with van der Waals surface area (Å²) in [6.45, 7) is 11.3. The number of carbonyl (C=O) groups excluding carboxylic acids is 1. The Hall–Kier alpha value is -2.36. The maximum Gasteiger partial charge on any atom is 0.204 e. The second-order valence-corrected chi connectivity index (χ2v) is 9.80. The fourth-order valence-electron chi connectivity index (χ4n) is 3.49. The van der Waals surface area contributed by atoms with Gasteiger partial charge in [0.25, 0.3) is 0 Å². The van der Waals surface area contributed by atoms with E-state index in [1.165, 1.54) is 12.8 Å². The van der Waals surface area contributed by atoms with Crippen LogP contribution in [0.2, 0.25) is 0 Å². The van der Waals surface area contributed by atoms with Gasteiger partial charge in [-0.15, -0.1) is 0 Å². The summed E-state index contributed by atoms with van der Waals surface area (Å²) in [5, 5.41) is 13.2. The number of thioether (sulfide) groups is 1. The number of nitrogens with one attached hydrogen (secondary N) is 1. The summed E-state index contributed by atoms with van der Waals surface area (Å²) in [5.41, 5.74) is 6.54. The lowest BCUT2D eigenvalue weighted by molar-refractivity contribution is -0.106. The number of aromatic nitrogens is 2. The number of nitrogens with zero attached hydrogens (tertiary/aromatic N) is 3. The fraction of sp³-hybridized carbons (Fsp3) is 0.560. The summed E-state index contributed by atoms with van der Waals surface area (Å²) >= 11 is 1.89. The zero-order valence-electron chi connectivity index (χ0n) is 21.0. The lowest BCUT2D eigenvalue weighted by Gasteiger charge is -2.29. The molecule has 2 fully saturated rings. The number of primary amides is 1. The quantitative estimate of drug-likeness (QED) is 0.505. The standard InChI is InChI=1S/C22H30N4O2S.C2H6.CH3NO/c1-21(2,27)15-23-17-6-4-16(5-7-17)20-24-18(22(29-3)8-9-22)14-19(25-20)26-10-12-28-13-11-26;1-2;2-1-3/h4-7,14,23,27H,8-13,15H2,1-3H3;1-2H3;1H,(H2,2,3). The Bertz CT molecular complexity index is 892. The number of aliphatic hydroxyl groups is 1. The first-order chi connectivity index (χ1) is 16.3. The summed E-state index contributed by atoms with van der Waals surface area (Å²) in [6.07, 6.45) is 4.77. The van der Waals surface area contributed by atoms with Gasteiger partial charge >= 0.3 is 0 Å². The minimum Gasteiger partial charge on any atom is -0.389 e. The van der Waals surface area contributed by atoms with E-state index in [-0.39, 0.29) is 11.2 Å². The maximum atomic E-state index is 9.90. The molecule has 34 heavy (non-hydrogen) atoms. The summed E-state index contributed by atoms with van der Waals surface area (Å²) < 4.78 is 5.66. The molecule has 4 N–H and O–H groups in total. The smallest absolute Gasteiger partial charge is 0.204 e. The van der Waals surface area contributed by atoms with Crippen molar-refractivity contribution in [3.63, 3.8) is 0 Å². The van der Waals surface area contributed by atoms with Gasteiger partial charge in [-0.1, -0.05) is 13.8 Å². The highest BCUT2D eigenvalue weighted by Crippen LogP contribution is 2.55. The van der Waals surface area contributed by atoms with E-state index < -0.39 is 5.60 Å². The number of anilines is 2. The SMILES string of the molecule is CC.CSC1(c2cc(N3CCOCC3)nc(-c3ccc(NCC(C)(C)O)cc3)n2)CC1.NC=O. The summed E-state index contributed by atoms with van der Waals surface area (Å²) in [6, 6.07) is 10.3. The Morgan fingerprint density at radius 1 is 1.21 bits per heavy atom. The molecule has 188 valence electrons. The number of morpholine rings is 1. The van der Waals surface area contributed by atoms with Crippen LogP contribution < -0.4 is 16.0 Å². The van der Waals surface area contributed by atoms with Crippen molar-refractivity contribution in [3.8, 4) is 11.4 Å². The molecule has 2 aliphatic rings.